The maximum Gasteiger partial charge on any atom is 0.324 e. The number of likely N-dealkylation sites (tertiary alicyclic amines) is 1. The van der Waals surface area contributed by atoms with Crippen LogP contribution in [0.3, 0.4) is 0 Å². The number of hydrogen-bond donors (Lipinski definition) is 4. The molecule has 0 aromatic heterocycles. The zero-order chi connectivity index (χ0) is 16.5. The fraction of sp³-hybridized carbons (Fsp3) is 0.933. The van der Waals surface area contributed by atoms with Gasteiger partial charge >= 0.3 is 5.97 Å². The molecule has 1 heterocycles. The van der Waals surface area contributed by atoms with E-state index in [2.05, 4.69) is 24.4 Å². The van der Waals surface area contributed by atoms with Gasteiger partial charge in [0.05, 0.1) is 0 Å². The van der Waals surface area contributed by atoms with Crippen LogP contribution in [0, 0.1) is 5.92 Å². The van der Waals surface area contributed by atoms with Crippen LogP contribution in [0.5, 0.6) is 0 Å². The van der Waals surface area contributed by atoms with Crippen LogP contribution in [0.25, 0.3) is 0 Å². The molecule has 2 rings (SSSR count). The summed E-state index contributed by atoms with van der Waals surface area (Å²) >= 11 is 0. The van der Waals surface area contributed by atoms with Gasteiger partial charge in [-0.15, -0.1) is 0 Å². The van der Waals surface area contributed by atoms with Crippen LogP contribution in [0.1, 0.15) is 52.9 Å². The van der Waals surface area contributed by atoms with E-state index < -0.39 is 11.5 Å². The van der Waals surface area contributed by atoms with Crippen molar-refractivity contribution >= 4 is 5.97 Å². The molecule has 0 aromatic rings. The van der Waals surface area contributed by atoms with Crippen LogP contribution < -0.4 is 11.2 Å². The number of nitrogens with zero attached hydrogens (tertiary/aromatic N) is 1. The average molecular weight is 303 g/mol. The highest BCUT2D eigenvalue weighted by molar-refractivity contribution is 5.79. The summed E-state index contributed by atoms with van der Waals surface area (Å²) in [6.45, 7) is 7.79. The molecule has 21 heavy (non-hydrogen) atoms. The molecule has 1 aliphatic heterocycles. The van der Waals surface area contributed by atoms with Crippen LogP contribution in [-0.2, 0) is 4.79 Å². The molecule has 6 heteroatoms. The van der Waals surface area contributed by atoms with Gasteiger partial charge in [0.25, 0.3) is 0 Å². The number of aliphatic carboxylic acids is 1. The fourth-order valence-corrected chi connectivity index (χ4v) is 3.12. The summed E-state index contributed by atoms with van der Waals surface area (Å²) in [6, 6.07) is 0.404. The topological polar surface area (TPSA) is 98.8 Å². The molecule has 0 spiro atoms. The van der Waals surface area contributed by atoms with Crippen molar-refractivity contribution in [3.05, 3.63) is 0 Å². The Balaban J connectivity index is 0.000000427. The van der Waals surface area contributed by atoms with Gasteiger partial charge < -0.3 is 20.9 Å². The third kappa shape index (κ3) is 5.21. The first kappa shape index (κ1) is 20.3. The van der Waals surface area contributed by atoms with Crippen LogP contribution >= 0.6 is 0 Å². The van der Waals surface area contributed by atoms with Gasteiger partial charge in [-0.2, -0.15) is 0 Å². The number of unbranched alkanes of at least 4 members (excludes halogenated alkanes) is 1. The molecule has 5 N–H and O–H groups in total. The Morgan fingerprint density at radius 2 is 2.05 bits per heavy atom. The Morgan fingerprint density at radius 3 is 2.48 bits per heavy atom. The first-order valence-electron chi connectivity index (χ1n) is 8.06. The number of nitrogens with two attached hydrogens (primary N) is 1. The monoisotopic (exact) mass is 303 g/mol. The van der Waals surface area contributed by atoms with Gasteiger partial charge in [0.15, 0.2) is 0 Å². The van der Waals surface area contributed by atoms with Crippen LogP contribution in [0.4, 0.5) is 0 Å². The van der Waals surface area contributed by atoms with Crippen molar-refractivity contribution in [1.82, 2.24) is 10.4 Å². The van der Waals surface area contributed by atoms with Gasteiger partial charge in [0.2, 0.25) is 0 Å². The third-order valence-electron chi connectivity index (χ3n) is 4.38. The third-order valence-corrected chi connectivity index (χ3v) is 4.38. The second-order valence-electron chi connectivity index (χ2n) is 5.59. The molecule has 2 aliphatic rings. The van der Waals surface area contributed by atoms with Crippen molar-refractivity contribution in [3.63, 3.8) is 0 Å². The van der Waals surface area contributed by atoms with Crippen molar-refractivity contribution in [3.8, 4) is 0 Å². The zero-order valence-electron chi connectivity index (χ0n) is 13.9. The molecule has 1 aliphatic carbocycles. The second kappa shape index (κ2) is 10.1. The second-order valence-corrected chi connectivity index (χ2v) is 5.59. The highest BCUT2D eigenvalue weighted by atomic mass is 16.5. The normalized spacial score (nSPS) is 30.8. The van der Waals surface area contributed by atoms with E-state index in [1.807, 2.05) is 13.8 Å². The molecule has 2 fully saturated rings. The lowest BCUT2D eigenvalue weighted by Gasteiger charge is -2.26. The summed E-state index contributed by atoms with van der Waals surface area (Å²) in [5.41, 5.74) is 7.04. The van der Waals surface area contributed by atoms with Gasteiger partial charge in [-0.25, -0.2) is 5.48 Å². The summed E-state index contributed by atoms with van der Waals surface area (Å²) in [5.74, 6) is -0.662. The number of carboxylic acids is 1. The van der Waals surface area contributed by atoms with E-state index in [0.717, 1.165) is 38.8 Å². The predicted octanol–water partition coefficient (Wildman–Crippen LogP) is 1.67. The summed E-state index contributed by atoms with van der Waals surface area (Å²) < 4.78 is 0. The smallest absolute Gasteiger partial charge is 0.324 e. The lowest BCUT2D eigenvalue weighted by molar-refractivity contribution is -0.144. The Kier molecular flexibility index (Phi) is 9.77. The minimum absolute atomic E-state index is 0.162. The maximum absolute atomic E-state index is 11.0. The van der Waals surface area contributed by atoms with E-state index in [1.54, 1.807) is 0 Å². The fourth-order valence-electron chi connectivity index (χ4n) is 3.12. The molecular weight excluding hydrogens is 270 g/mol. The molecule has 1 saturated heterocycles. The van der Waals surface area contributed by atoms with E-state index in [4.69, 9.17) is 16.0 Å². The quantitative estimate of drug-likeness (QED) is 0.466. The van der Waals surface area contributed by atoms with Crippen LogP contribution in [0.2, 0.25) is 0 Å². The first-order chi connectivity index (χ1) is 9.97. The number of nitrogens with one attached hydrogen (secondary N) is 1. The molecule has 0 amide bonds. The van der Waals surface area contributed by atoms with E-state index in [-0.39, 0.29) is 5.92 Å². The minimum Gasteiger partial charge on any atom is -0.480 e. The van der Waals surface area contributed by atoms with E-state index in [1.165, 1.54) is 0 Å². The number of hydroxylamine groups is 1. The SMILES string of the molecule is CC.CCCCNO.CN1CCC2C1CCC2(N)C(=O)O. The molecule has 0 aromatic carbocycles. The summed E-state index contributed by atoms with van der Waals surface area (Å²) in [6.07, 6.45) is 4.68. The minimum atomic E-state index is -0.949. The number of hydrogen-bond acceptors (Lipinski definition) is 5. The zero-order valence-corrected chi connectivity index (χ0v) is 13.9. The number of carbonyl (C=O) groups is 1. The lowest BCUT2D eigenvalue weighted by Crippen LogP contribution is -2.52. The maximum atomic E-state index is 11.0. The molecule has 6 nitrogen and oxygen atoms in total. The van der Waals surface area contributed by atoms with Gasteiger partial charge in [-0.1, -0.05) is 27.2 Å². The lowest BCUT2D eigenvalue weighted by atomic mass is 9.86. The first-order valence-corrected chi connectivity index (χ1v) is 8.06. The molecule has 126 valence electrons. The van der Waals surface area contributed by atoms with Crippen molar-refractivity contribution < 1.29 is 15.1 Å². The predicted molar refractivity (Wildman–Crippen MR) is 84.4 cm³/mol. The Bertz CT molecular complexity index is 298. The van der Waals surface area contributed by atoms with E-state index in [9.17, 15) is 4.79 Å². The average Bonchev–Trinajstić information content (AvgIpc) is 3.02. The summed E-state index contributed by atoms with van der Waals surface area (Å²) in [5, 5.41) is 17.0. The Hall–Kier alpha value is -0.690. The van der Waals surface area contributed by atoms with Crippen molar-refractivity contribution in [2.45, 2.75) is 64.5 Å². The summed E-state index contributed by atoms with van der Waals surface area (Å²) in [7, 11) is 2.05. The van der Waals surface area contributed by atoms with Crippen LogP contribution in [0.15, 0.2) is 0 Å². The molecule has 3 atom stereocenters. The Labute approximate surface area is 128 Å². The standard InChI is InChI=1S/C9H16N2O2.C4H11NO.C2H6/c1-11-5-3-6-7(11)2-4-9(6,10)8(12)13;1-2-3-4-5-6;1-2/h6-7H,2-5,10H2,1H3,(H,12,13);5-6H,2-4H2,1H3;1-2H3. The van der Waals surface area contributed by atoms with Gasteiger partial charge in [-0.3, -0.25) is 4.79 Å². The Morgan fingerprint density at radius 1 is 1.43 bits per heavy atom. The van der Waals surface area contributed by atoms with Gasteiger partial charge in [0, 0.05) is 18.5 Å². The van der Waals surface area contributed by atoms with Crippen molar-refractivity contribution in [1.29, 1.82) is 0 Å². The molecule has 0 radical (unpaired) electrons. The van der Waals surface area contributed by atoms with Crippen molar-refractivity contribution in [2.24, 2.45) is 11.7 Å². The largest absolute Gasteiger partial charge is 0.480 e. The van der Waals surface area contributed by atoms with Gasteiger partial charge in [-0.05, 0) is 39.3 Å². The van der Waals surface area contributed by atoms with E-state index >= 15 is 0 Å². The highest BCUT2D eigenvalue weighted by Gasteiger charge is 2.54. The highest BCUT2D eigenvalue weighted by Crippen LogP contribution is 2.42. The molecule has 3 unspecified atom stereocenters. The number of fused-ring (bicyclic) bond motifs is 1. The molecular formula is C15H33N3O3. The molecule has 1 saturated carbocycles. The van der Waals surface area contributed by atoms with Crippen molar-refractivity contribution in [2.75, 3.05) is 20.1 Å². The van der Waals surface area contributed by atoms with Crippen LogP contribution in [-0.4, -0.2) is 52.9 Å². The molecule has 0 bridgehead atoms. The van der Waals surface area contributed by atoms with E-state index in [0.29, 0.717) is 12.5 Å². The number of carboxylic acid groups (broad SMARTS) is 1. The number of rotatable bonds is 4. The summed E-state index contributed by atoms with van der Waals surface area (Å²) in [4.78, 5) is 13.3. The van der Waals surface area contributed by atoms with Gasteiger partial charge in [0.1, 0.15) is 5.54 Å².